The minimum absolute atomic E-state index is 0.705. The Morgan fingerprint density at radius 3 is 3.09 bits per heavy atom. The quantitative estimate of drug-likeness (QED) is 0.551. The maximum atomic E-state index is 3.86. The third-order valence-electron chi connectivity index (χ3n) is 4.84. The fourth-order valence-electron chi connectivity index (χ4n) is 4.71. The second-order valence-corrected chi connectivity index (χ2v) is 5.35. The largest absolute Gasteiger partial charge is 0.308 e. The van der Waals surface area contributed by atoms with Crippen molar-refractivity contribution in [2.45, 2.75) is 43.7 Å². The standard InChI is InChI=1S/C10H15N/c1-6-2-8-3-9-7(1)5-10(9,4-6)11-8/h6-9,11H,1-5H2. The van der Waals surface area contributed by atoms with Crippen LogP contribution in [0.25, 0.3) is 0 Å². The molecule has 0 amide bonds. The van der Waals surface area contributed by atoms with Crippen molar-refractivity contribution in [3.63, 3.8) is 0 Å². The predicted octanol–water partition coefficient (Wildman–Crippen LogP) is 1.54. The van der Waals surface area contributed by atoms with Crippen LogP contribution in [0.15, 0.2) is 0 Å². The summed E-state index contributed by atoms with van der Waals surface area (Å²) < 4.78 is 0. The van der Waals surface area contributed by atoms with Crippen LogP contribution in [0.2, 0.25) is 0 Å². The van der Waals surface area contributed by atoms with Gasteiger partial charge in [0.2, 0.25) is 0 Å². The highest BCUT2D eigenvalue weighted by atomic mass is 15.1. The first-order valence-corrected chi connectivity index (χ1v) is 5.13. The summed E-state index contributed by atoms with van der Waals surface area (Å²) >= 11 is 0. The van der Waals surface area contributed by atoms with Crippen LogP contribution in [0.5, 0.6) is 0 Å². The highest BCUT2D eigenvalue weighted by Gasteiger charge is 2.65. The van der Waals surface area contributed by atoms with E-state index in [4.69, 9.17) is 0 Å². The summed E-state index contributed by atoms with van der Waals surface area (Å²) in [6.45, 7) is 0. The van der Waals surface area contributed by atoms with Gasteiger partial charge in [-0.1, -0.05) is 0 Å². The molecule has 3 aliphatic carbocycles. The smallest absolute Gasteiger partial charge is 0.0220 e. The summed E-state index contributed by atoms with van der Waals surface area (Å²) in [4.78, 5) is 0. The molecule has 3 saturated carbocycles. The molecular formula is C10H15N. The molecule has 0 radical (unpaired) electrons. The van der Waals surface area contributed by atoms with Crippen LogP contribution in [0.3, 0.4) is 0 Å². The lowest BCUT2D eigenvalue weighted by atomic mass is 9.50. The van der Waals surface area contributed by atoms with E-state index in [1.807, 2.05) is 0 Å². The molecule has 5 rings (SSSR count). The zero-order chi connectivity index (χ0) is 7.05. The number of nitrogens with one attached hydrogen (secondary N) is 1. The van der Waals surface area contributed by atoms with Crippen molar-refractivity contribution >= 4 is 0 Å². The molecule has 1 heteroatoms. The molecule has 2 aliphatic heterocycles. The van der Waals surface area contributed by atoms with Crippen molar-refractivity contribution in [2.75, 3.05) is 0 Å². The van der Waals surface area contributed by atoms with E-state index in [2.05, 4.69) is 5.32 Å². The zero-order valence-corrected chi connectivity index (χ0v) is 6.84. The number of hydrogen-bond acceptors (Lipinski definition) is 1. The van der Waals surface area contributed by atoms with E-state index in [9.17, 15) is 0 Å². The predicted molar refractivity (Wildman–Crippen MR) is 43.2 cm³/mol. The SMILES string of the molecule is C1C2CC3CC4(C2)NC1CC34. The molecule has 5 atom stereocenters. The normalized spacial score (nSPS) is 69.8. The summed E-state index contributed by atoms with van der Waals surface area (Å²) in [5.74, 6) is 3.39. The van der Waals surface area contributed by atoms with Gasteiger partial charge in [0.25, 0.3) is 0 Å². The summed E-state index contributed by atoms with van der Waals surface area (Å²) in [6.07, 6.45) is 7.69. The Morgan fingerprint density at radius 2 is 2.09 bits per heavy atom. The van der Waals surface area contributed by atoms with Crippen molar-refractivity contribution in [1.82, 2.24) is 5.32 Å². The molecule has 5 unspecified atom stereocenters. The molecular weight excluding hydrogens is 134 g/mol. The van der Waals surface area contributed by atoms with Crippen LogP contribution >= 0.6 is 0 Å². The fraction of sp³-hybridized carbons (Fsp3) is 1.00. The number of fused-ring (bicyclic) bond motifs is 1. The van der Waals surface area contributed by atoms with E-state index in [1.54, 1.807) is 6.42 Å². The summed E-state index contributed by atoms with van der Waals surface area (Å²) in [6, 6.07) is 0.936. The maximum Gasteiger partial charge on any atom is 0.0220 e. The molecule has 0 aromatic rings. The highest BCUT2D eigenvalue weighted by molar-refractivity contribution is 5.21. The van der Waals surface area contributed by atoms with Crippen molar-refractivity contribution in [3.8, 4) is 0 Å². The first-order valence-electron chi connectivity index (χ1n) is 5.13. The van der Waals surface area contributed by atoms with Crippen LogP contribution in [-0.2, 0) is 0 Å². The molecule has 5 fully saturated rings. The Morgan fingerprint density at radius 1 is 1.09 bits per heavy atom. The lowest BCUT2D eigenvalue weighted by Gasteiger charge is -2.60. The van der Waals surface area contributed by atoms with Gasteiger partial charge in [0, 0.05) is 11.6 Å². The van der Waals surface area contributed by atoms with Gasteiger partial charge in [-0.05, 0) is 49.9 Å². The van der Waals surface area contributed by atoms with Crippen LogP contribution < -0.4 is 5.32 Å². The second kappa shape index (κ2) is 1.39. The van der Waals surface area contributed by atoms with Crippen LogP contribution in [0, 0.1) is 17.8 Å². The average Bonchev–Trinajstić information content (AvgIpc) is 2.09. The fourth-order valence-corrected chi connectivity index (χ4v) is 4.71. The third-order valence-corrected chi connectivity index (χ3v) is 4.84. The van der Waals surface area contributed by atoms with Crippen molar-refractivity contribution in [1.29, 1.82) is 0 Å². The van der Waals surface area contributed by atoms with Crippen molar-refractivity contribution < 1.29 is 0 Å². The minimum Gasteiger partial charge on any atom is -0.308 e. The van der Waals surface area contributed by atoms with Gasteiger partial charge in [-0.15, -0.1) is 0 Å². The average molecular weight is 149 g/mol. The van der Waals surface area contributed by atoms with Gasteiger partial charge >= 0.3 is 0 Å². The topological polar surface area (TPSA) is 12.0 Å². The van der Waals surface area contributed by atoms with Gasteiger partial charge in [-0.2, -0.15) is 0 Å². The molecule has 1 nitrogen and oxygen atoms in total. The molecule has 2 saturated heterocycles. The van der Waals surface area contributed by atoms with Gasteiger partial charge in [-0.3, -0.25) is 0 Å². The third kappa shape index (κ3) is 0.462. The Balaban J connectivity index is 1.88. The van der Waals surface area contributed by atoms with Crippen LogP contribution in [0.4, 0.5) is 0 Å². The van der Waals surface area contributed by atoms with Crippen molar-refractivity contribution in [2.24, 2.45) is 17.8 Å². The van der Waals surface area contributed by atoms with E-state index >= 15 is 0 Å². The highest BCUT2D eigenvalue weighted by Crippen LogP contribution is 2.64. The summed E-state index contributed by atoms with van der Waals surface area (Å²) in [5.41, 5.74) is 0.705. The monoisotopic (exact) mass is 149 g/mol. The van der Waals surface area contributed by atoms with Gasteiger partial charge in [0.15, 0.2) is 0 Å². The molecule has 60 valence electrons. The zero-order valence-electron chi connectivity index (χ0n) is 6.84. The van der Waals surface area contributed by atoms with Crippen LogP contribution in [0.1, 0.15) is 32.1 Å². The maximum absolute atomic E-state index is 3.86. The molecule has 1 N–H and O–H groups in total. The molecule has 2 heterocycles. The van der Waals surface area contributed by atoms with E-state index in [-0.39, 0.29) is 0 Å². The first kappa shape index (κ1) is 5.58. The lowest BCUT2D eigenvalue weighted by molar-refractivity contribution is -0.0493. The van der Waals surface area contributed by atoms with Gasteiger partial charge in [0.1, 0.15) is 0 Å². The van der Waals surface area contributed by atoms with Gasteiger partial charge < -0.3 is 5.32 Å². The lowest BCUT2D eigenvalue weighted by Crippen LogP contribution is -2.65. The second-order valence-electron chi connectivity index (χ2n) is 5.35. The van der Waals surface area contributed by atoms with Crippen molar-refractivity contribution in [3.05, 3.63) is 0 Å². The minimum atomic E-state index is 0.705. The molecule has 1 spiro atoms. The molecule has 11 heavy (non-hydrogen) atoms. The first-order chi connectivity index (χ1) is 5.36. The molecule has 0 aromatic heterocycles. The van der Waals surface area contributed by atoms with E-state index in [1.165, 1.54) is 25.7 Å². The molecule has 0 aromatic carbocycles. The Kier molecular flexibility index (Phi) is 0.706. The van der Waals surface area contributed by atoms with Gasteiger partial charge in [0.05, 0.1) is 0 Å². The Labute approximate surface area is 67.6 Å². The molecule has 5 aliphatic rings. The van der Waals surface area contributed by atoms with Gasteiger partial charge in [-0.25, -0.2) is 0 Å². The van der Waals surface area contributed by atoms with E-state index in [0.29, 0.717) is 5.54 Å². The van der Waals surface area contributed by atoms with E-state index in [0.717, 1.165) is 23.8 Å². The number of hydrogen-bond donors (Lipinski definition) is 1. The number of piperidine rings is 1. The summed E-state index contributed by atoms with van der Waals surface area (Å²) in [5, 5.41) is 3.86. The Hall–Kier alpha value is -0.0400. The van der Waals surface area contributed by atoms with Crippen LogP contribution in [-0.4, -0.2) is 11.6 Å². The van der Waals surface area contributed by atoms with E-state index < -0.39 is 0 Å². The Bertz CT molecular complexity index is 217. The molecule has 4 bridgehead atoms. The summed E-state index contributed by atoms with van der Waals surface area (Å²) in [7, 11) is 0. The number of rotatable bonds is 0.